The fourth-order valence-corrected chi connectivity index (χ4v) is 3.03. The third-order valence-electron chi connectivity index (χ3n) is 3.02. The Morgan fingerprint density at radius 3 is 2.78 bits per heavy atom. The summed E-state index contributed by atoms with van der Waals surface area (Å²) in [6, 6.07) is 8.77. The number of nitrogens with one attached hydrogen (secondary N) is 1. The van der Waals surface area contributed by atoms with Crippen LogP contribution in [0.25, 0.3) is 10.1 Å². The van der Waals surface area contributed by atoms with Gasteiger partial charge in [0.15, 0.2) is 0 Å². The number of benzene rings is 1. The first-order valence-corrected chi connectivity index (χ1v) is 7.27. The van der Waals surface area contributed by atoms with Crippen LogP contribution in [0.4, 0.5) is 0 Å². The van der Waals surface area contributed by atoms with Crippen LogP contribution in [0.3, 0.4) is 0 Å². The lowest BCUT2D eigenvalue weighted by atomic mass is 9.96. The number of hydrogen-bond acceptors (Lipinski definition) is 3. The molecule has 0 bridgehead atoms. The SMILES string of the molecule is CC(C)NCC(C)(O)Cc1csc2ccccc12. The third kappa shape index (κ3) is 3.31. The molecule has 0 aliphatic heterocycles. The molecule has 2 aromatic rings. The van der Waals surface area contributed by atoms with E-state index in [0.29, 0.717) is 19.0 Å². The standard InChI is InChI=1S/C15H21NOS/c1-11(2)16-10-15(3,17)8-12-9-18-14-7-5-4-6-13(12)14/h4-7,9,11,16-17H,8,10H2,1-3H3. The molecule has 2 rings (SSSR count). The van der Waals surface area contributed by atoms with Crippen molar-refractivity contribution in [3.05, 3.63) is 35.2 Å². The minimum absolute atomic E-state index is 0.399. The molecule has 0 aliphatic rings. The zero-order chi connectivity index (χ0) is 13.2. The first-order chi connectivity index (χ1) is 8.48. The molecule has 18 heavy (non-hydrogen) atoms. The van der Waals surface area contributed by atoms with Crippen molar-refractivity contribution in [1.82, 2.24) is 5.32 Å². The molecule has 0 radical (unpaired) electrons. The molecular formula is C15H21NOS. The van der Waals surface area contributed by atoms with E-state index < -0.39 is 5.60 Å². The summed E-state index contributed by atoms with van der Waals surface area (Å²) in [6.45, 7) is 6.70. The van der Waals surface area contributed by atoms with Crippen LogP contribution in [-0.4, -0.2) is 23.3 Å². The Bertz CT molecular complexity index is 516. The van der Waals surface area contributed by atoms with Crippen LogP contribution in [0, 0.1) is 0 Å². The normalized spacial score (nSPS) is 15.2. The summed E-state index contributed by atoms with van der Waals surface area (Å²) in [7, 11) is 0. The Balaban J connectivity index is 2.13. The molecule has 2 nitrogen and oxygen atoms in total. The Morgan fingerprint density at radius 1 is 1.33 bits per heavy atom. The second-order valence-electron chi connectivity index (χ2n) is 5.47. The molecule has 1 heterocycles. The van der Waals surface area contributed by atoms with Crippen LogP contribution in [-0.2, 0) is 6.42 Å². The number of hydrogen-bond donors (Lipinski definition) is 2. The van der Waals surface area contributed by atoms with Crippen molar-refractivity contribution < 1.29 is 5.11 Å². The van der Waals surface area contributed by atoms with E-state index in [1.807, 2.05) is 6.92 Å². The van der Waals surface area contributed by atoms with Gasteiger partial charge in [0.25, 0.3) is 0 Å². The van der Waals surface area contributed by atoms with Gasteiger partial charge in [-0.05, 0) is 29.3 Å². The molecule has 1 atom stereocenters. The Kier molecular flexibility index (Phi) is 4.05. The monoisotopic (exact) mass is 263 g/mol. The number of thiophene rings is 1. The van der Waals surface area contributed by atoms with Gasteiger partial charge in [-0.2, -0.15) is 0 Å². The van der Waals surface area contributed by atoms with Crippen molar-refractivity contribution in [2.75, 3.05) is 6.54 Å². The quantitative estimate of drug-likeness (QED) is 0.868. The van der Waals surface area contributed by atoms with Crippen LogP contribution in [0.1, 0.15) is 26.3 Å². The predicted molar refractivity (Wildman–Crippen MR) is 79.3 cm³/mol. The van der Waals surface area contributed by atoms with Gasteiger partial charge in [0.05, 0.1) is 5.60 Å². The van der Waals surface area contributed by atoms with Crippen LogP contribution < -0.4 is 5.32 Å². The topological polar surface area (TPSA) is 32.3 Å². The maximum absolute atomic E-state index is 10.4. The molecule has 1 aromatic carbocycles. The Hall–Kier alpha value is -0.900. The van der Waals surface area contributed by atoms with Crippen molar-refractivity contribution in [1.29, 1.82) is 0 Å². The molecule has 1 aromatic heterocycles. The third-order valence-corrected chi connectivity index (χ3v) is 4.04. The van der Waals surface area contributed by atoms with Gasteiger partial charge >= 0.3 is 0 Å². The second-order valence-corrected chi connectivity index (χ2v) is 6.38. The van der Waals surface area contributed by atoms with Gasteiger partial charge in [0.2, 0.25) is 0 Å². The van der Waals surface area contributed by atoms with E-state index in [-0.39, 0.29) is 0 Å². The fraction of sp³-hybridized carbons (Fsp3) is 0.467. The van der Waals surface area contributed by atoms with Crippen molar-refractivity contribution in [3.8, 4) is 0 Å². The largest absolute Gasteiger partial charge is 0.389 e. The van der Waals surface area contributed by atoms with E-state index in [1.165, 1.54) is 15.6 Å². The summed E-state index contributed by atoms with van der Waals surface area (Å²) >= 11 is 1.75. The van der Waals surface area contributed by atoms with Crippen molar-refractivity contribution in [2.24, 2.45) is 0 Å². The predicted octanol–water partition coefficient (Wildman–Crippen LogP) is 3.19. The van der Waals surface area contributed by atoms with Gasteiger partial charge < -0.3 is 10.4 Å². The highest BCUT2D eigenvalue weighted by molar-refractivity contribution is 7.17. The molecule has 0 saturated heterocycles. The minimum atomic E-state index is -0.700. The van der Waals surface area contributed by atoms with E-state index >= 15 is 0 Å². The lowest BCUT2D eigenvalue weighted by Gasteiger charge is -2.25. The van der Waals surface area contributed by atoms with Crippen LogP contribution in [0.5, 0.6) is 0 Å². The second kappa shape index (κ2) is 5.39. The van der Waals surface area contributed by atoms with Gasteiger partial charge in [0.1, 0.15) is 0 Å². The fourth-order valence-electron chi connectivity index (χ4n) is 2.07. The summed E-state index contributed by atoms with van der Waals surface area (Å²) in [5, 5.41) is 17.2. The summed E-state index contributed by atoms with van der Waals surface area (Å²) in [5.74, 6) is 0. The lowest BCUT2D eigenvalue weighted by Crippen LogP contribution is -2.42. The van der Waals surface area contributed by atoms with Gasteiger partial charge in [-0.3, -0.25) is 0 Å². The average molecular weight is 263 g/mol. The maximum Gasteiger partial charge on any atom is 0.0784 e. The number of aliphatic hydroxyl groups is 1. The first-order valence-electron chi connectivity index (χ1n) is 6.39. The molecule has 0 fully saturated rings. The van der Waals surface area contributed by atoms with Gasteiger partial charge in [-0.1, -0.05) is 32.0 Å². The molecule has 0 aliphatic carbocycles. The van der Waals surface area contributed by atoms with E-state index in [9.17, 15) is 5.11 Å². The Labute approximate surface area is 113 Å². The van der Waals surface area contributed by atoms with Crippen LogP contribution in [0.2, 0.25) is 0 Å². The van der Waals surface area contributed by atoms with Crippen molar-refractivity contribution in [3.63, 3.8) is 0 Å². The summed E-state index contributed by atoms with van der Waals surface area (Å²) in [5.41, 5.74) is 0.542. The number of rotatable bonds is 5. The molecular weight excluding hydrogens is 242 g/mol. The lowest BCUT2D eigenvalue weighted by molar-refractivity contribution is 0.0585. The summed E-state index contributed by atoms with van der Waals surface area (Å²) in [4.78, 5) is 0. The first kappa shape index (κ1) is 13.5. The number of fused-ring (bicyclic) bond motifs is 1. The highest BCUT2D eigenvalue weighted by atomic mass is 32.1. The van der Waals surface area contributed by atoms with Gasteiger partial charge in [-0.15, -0.1) is 11.3 Å². The smallest absolute Gasteiger partial charge is 0.0784 e. The van der Waals surface area contributed by atoms with Crippen molar-refractivity contribution >= 4 is 21.4 Å². The van der Waals surface area contributed by atoms with Gasteiger partial charge in [-0.25, -0.2) is 0 Å². The highest BCUT2D eigenvalue weighted by Crippen LogP contribution is 2.28. The van der Waals surface area contributed by atoms with E-state index in [1.54, 1.807) is 11.3 Å². The zero-order valence-corrected chi connectivity index (χ0v) is 12.1. The minimum Gasteiger partial charge on any atom is -0.389 e. The zero-order valence-electron chi connectivity index (χ0n) is 11.2. The van der Waals surface area contributed by atoms with E-state index in [0.717, 1.165) is 0 Å². The summed E-state index contributed by atoms with van der Waals surface area (Å²) in [6.07, 6.45) is 0.691. The maximum atomic E-state index is 10.4. The van der Waals surface area contributed by atoms with Gasteiger partial charge in [0, 0.05) is 23.7 Å². The van der Waals surface area contributed by atoms with Crippen LogP contribution >= 0.6 is 11.3 Å². The Morgan fingerprint density at radius 2 is 2.06 bits per heavy atom. The van der Waals surface area contributed by atoms with E-state index in [4.69, 9.17) is 0 Å². The molecule has 0 spiro atoms. The van der Waals surface area contributed by atoms with E-state index in [2.05, 4.69) is 48.8 Å². The highest BCUT2D eigenvalue weighted by Gasteiger charge is 2.22. The molecule has 1 unspecified atom stereocenters. The van der Waals surface area contributed by atoms with Crippen LogP contribution in [0.15, 0.2) is 29.6 Å². The van der Waals surface area contributed by atoms with Crippen molar-refractivity contribution in [2.45, 2.75) is 38.8 Å². The molecule has 2 N–H and O–H groups in total. The molecule has 0 amide bonds. The summed E-state index contributed by atoms with van der Waals surface area (Å²) < 4.78 is 1.29. The average Bonchev–Trinajstić information content (AvgIpc) is 2.70. The molecule has 3 heteroatoms. The molecule has 0 saturated carbocycles. The molecule has 98 valence electrons.